The molecule has 0 spiro atoms. The fraction of sp³-hybridized carbons (Fsp3) is 0.292. The van der Waals surface area contributed by atoms with Gasteiger partial charge in [0.1, 0.15) is 34.9 Å². The van der Waals surface area contributed by atoms with E-state index in [0.717, 1.165) is 41.0 Å². The van der Waals surface area contributed by atoms with Gasteiger partial charge in [-0.05, 0) is 49.9 Å². The van der Waals surface area contributed by atoms with Crippen molar-refractivity contribution >= 4 is 16.8 Å². The molecule has 2 atom stereocenters. The van der Waals surface area contributed by atoms with Crippen molar-refractivity contribution < 1.29 is 14.0 Å². The predicted molar refractivity (Wildman–Crippen MR) is 119 cm³/mol. The van der Waals surface area contributed by atoms with Crippen molar-refractivity contribution in [3.63, 3.8) is 0 Å². The maximum absolute atomic E-state index is 6.15. The summed E-state index contributed by atoms with van der Waals surface area (Å²) < 4.78 is 13.6. The lowest BCUT2D eigenvalue weighted by Gasteiger charge is -2.29. The number of hydrogen-bond acceptors (Lipinski definition) is 7. The molecule has 0 bridgehead atoms. The fourth-order valence-corrected chi connectivity index (χ4v) is 4.16. The zero-order valence-corrected chi connectivity index (χ0v) is 17.9. The van der Waals surface area contributed by atoms with Gasteiger partial charge in [0.2, 0.25) is 5.88 Å². The highest BCUT2D eigenvalue weighted by molar-refractivity contribution is 5.97. The number of ether oxygens (including phenoxy) is 1. The quantitative estimate of drug-likeness (QED) is 0.513. The normalized spacial score (nSPS) is 20.8. The zero-order valence-electron chi connectivity index (χ0n) is 17.9. The molecule has 6 rings (SSSR count). The molecule has 1 aromatic carbocycles. The predicted octanol–water partition coefficient (Wildman–Crippen LogP) is 4.13. The van der Waals surface area contributed by atoms with Crippen LogP contribution in [0.25, 0.3) is 16.7 Å². The third kappa shape index (κ3) is 3.33. The Balaban J connectivity index is 1.39. The van der Waals surface area contributed by atoms with E-state index in [9.17, 15) is 0 Å². The highest BCUT2D eigenvalue weighted by Gasteiger charge is 2.42. The van der Waals surface area contributed by atoms with Crippen molar-refractivity contribution in [2.24, 2.45) is 10.9 Å². The number of nitrogens with one attached hydrogen (secondary N) is 1. The van der Waals surface area contributed by atoms with E-state index >= 15 is 0 Å². The molecule has 32 heavy (non-hydrogen) atoms. The van der Waals surface area contributed by atoms with E-state index in [4.69, 9.17) is 19.0 Å². The van der Waals surface area contributed by atoms with Crippen molar-refractivity contribution in [2.75, 3.05) is 7.11 Å². The summed E-state index contributed by atoms with van der Waals surface area (Å²) in [6.45, 7) is 1.94. The first-order valence-corrected chi connectivity index (χ1v) is 10.7. The number of nitrogens with zero attached hydrogens (tertiary/aromatic N) is 4. The summed E-state index contributed by atoms with van der Waals surface area (Å²) in [6, 6.07) is 13.7. The third-order valence-electron chi connectivity index (χ3n) is 5.96. The van der Waals surface area contributed by atoms with Gasteiger partial charge in [-0.15, -0.1) is 0 Å². The number of hydrogen-bond donors (Lipinski definition) is 1. The second-order valence-corrected chi connectivity index (χ2v) is 8.28. The van der Waals surface area contributed by atoms with Gasteiger partial charge in [0.05, 0.1) is 19.1 Å². The Labute approximate surface area is 184 Å². The number of fused-ring (bicyclic) bond motifs is 1. The molecular formula is C24H23N5O3. The molecular weight excluding hydrogens is 406 g/mol. The maximum Gasteiger partial charge on any atom is 0.238 e. The Bertz CT molecular complexity index is 1290. The monoisotopic (exact) mass is 429 g/mol. The molecule has 162 valence electrons. The number of rotatable bonds is 5. The van der Waals surface area contributed by atoms with Crippen LogP contribution in [0.2, 0.25) is 0 Å². The molecule has 2 aliphatic rings. The molecule has 8 heteroatoms. The van der Waals surface area contributed by atoms with E-state index in [1.54, 1.807) is 13.4 Å². The number of methoxy groups -OCH3 is 1. The van der Waals surface area contributed by atoms with Crippen LogP contribution in [0.4, 0.5) is 0 Å². The minimum absolute atomic E-state index is 0.0746. The number of aromatic nitrogens is 3. The average Bonchev–Trinajstić information content (AvgIpc) is 3.44. The lowest BCUT2D eigenvalue weighted by Crippen LogP contribution is -2.40. The number of para-hydroxylation sites is 1. The number of amidine groups is 1. The van der Waals surface area contributed by atoms with Crippen LogP contribution in [0.1, 0.15) is 36.0 Å². The lowest BCUT2D eigenvalue weighted by molar-refractivity contribution is -0.0327. The third-order valence-corrected chi connectivity index (χ3v) is 5.96. The first kappa shape index (κ1) is 19.1. The summed E-state index contributed by atoms with van der Waals surface area (Å²) in [7, 11) is 1.60. The molecule has 1 aliphatic carbocycles. The van der Waals surface area contributed by atoms with Crippen LogP contribution >= 0.6 is 0 Å². The summed E-state index contributed by atoms with van der Waals surface area (Å²) in [6.07, 6.45) is 5.87. The number of benzene rings is 1. The van der Waals surface area contributed by atoms with Gasteiger partial charge in [0.15, 0.2) is 5.84 Å². The molecule has 0 saturated heterocycles. The topological polar surface area (TPSA) is 86.7 Å². The number of furan rings is 1. The van der Waals surface area contributed by atoms with E-state index in [1.165, 1.54) is 0 Å². The largest absolute Gasteiger partial charge is 0.479 e. The SMILES string of the molecule is COc1nc(C2=NC(c3cc4ccccc4o3)C(C3CC3)ON2)ccc1-n1cnc(C)c1. The van der Waals surface area contributed by atoms with E-state index in [-0.39, 0.29) is 12.1 Å². The van der Waals surface area contributed by atoms with Gasteiger partial charge in [0, 0.05) is 11.6 Å². The summed E-state index contributed by atoms with van der Waals surface area (Å²) in [4.78, 5) is 20.0. The zero-order chi connectivity index (χ0) is 21.7. The minimum Gasteiger partial charge on any atom is -0.479 e. The molecule has 8 nitrogen and oxygen atoms in total. The van der Waals surface area contributed by atoms with Crippen LogP contribution in [0.5, 0.6) is 5.88 Å². The van der Waals surface area contributed by atoms with Gasteiger partial charge < -0.3 is 13.7 Å². The highest BCUT2D eigenvalue weighted by atomic mass is 16.7. The summed E-state index contributed by atoms with van der Waals surface area (Å²) in [5, 5.41) is 1.06. The van der Waals surface area contributed by atoms with Gasteiger partial charge in [0.25, 0.3) is 0 Å². The van der Waals surface area contributed by atoms with Gasteiger partial charge in [-0.2, -0.15) is 0 Å². The minimum atomic E-state index is -0.241. The van der Waals surface area contributed by atoms with Crippen LogP contribution in [-0.4, -0.2) is 33.6 Å². The van der Waals surface area contributed by atoms with Crippen LogP contribution < -0.4 is 10.2 Å². The van der Waals surface area contributed by atoms with Gasteiger partial charge in [-0.3, -0.25) is 9.83 Å². The average molecular weight is 429 g/mol. The van der Waals surface area contributed by atoms with Crippen molar-refractivity contribution in [1.29, 1.82) is 0 Å². The molecule has 3 aromatic heterocycles. The van der Waals surface area contributed by atoms with E-state index in [0.29, 0.717) is 23.3 Å². The number of aliphatic imine (C=N–C) groups is 1. The van der Waals surface area contributed by atoms with Crippen molar-refractivity contribution in [1.82, 2.24) is 20.0 Å². The van der Waals surface area contributed by atoms with Crippen molar-refractivity contribution in [3.05, 3.63) is 72.1 Å². The molecule has 1 fully saturated rings. The highest BCUT2D eigenvalue weighted by Crippen LogP contribution is 2.43. The lowest BCUT2D eigenvalue weighted by atomic mass is 10.0. The van der Waals surface area contributed by atoms with Crippen LogP contribution in [0.3, 0.4) is 0 Å². The fourth-order valence-electron chi connectivity index (χ4n) is 4.16. The van der Waals surface area contributed by atoms with Gasteiger partial charge in [-0.25, -0.2) is 15.4 Å². The van der Waals surface area contributed by atoms with Crippen molar-refractivity contribution in [2.45, 2.75) is 31.9 Å². The standard InChI is InChI=1S/C24H23N5O3/c1-14-12-29(13-25-14)18-10-9-17(26-24(18)30-2)23-27-21(22(32-28-23)15-7-8-15)20-11-16-5-3-4-6-19(16)31-20/h3-6,9-13,15,21-22H,7-8H2,1-2H3,(H,27,28). The second-order valence-electron chi connectivity index (χ2n) is 8.28. The number of hydroxylamine groups is 1. The first-order valence-electron chi connectivity index (χ1n) is 10.7. The van der Waals surface area contributed by atoms with Gasteiger partial charge in [-0.1, -0.05) is 18.2 Å². The van der Waals surface area contributed by atoms with Crippen LogP contribution in [0.15, 0.2) is 64.4 Å². The van der Waals surface area contributed by atoms with Crippen LogP contribution in [0, 0.1) is 12.8 Å². The smallest absolute Gasteiger partial charge is 0.238 e. The van der Waals surface area contributed by atoms with Crippen molar-refractivity contribution in [3.8, 4) is 11.6 Å². The molecule has 2 unspecified atom stereocenters. The summed E-state index contributed by atoms with van der Waals surface area (Å²) >= 11 is 0. The Morgan fingerprint density at radius 2 is 2.03 bits per heavy atom. The first-order chi connectivity index (χ1) is 15.7. The number of pyridine rings is 1. The molecule has 0 radical (unpaired) electrons. The summed E-state index contributed by atoms with van der Waals surface area (Å²) in [5.74, 6) is 2.31. The van der Waals surface area contributed by atoms with E-state index in [2.05, 4.69) is 21.5 Å². The molecule has 1 saturated carbocycles. The van der Waals surface area contributed by atoms with E-state index < -0.39 is 0 Å². The molecule has 4 aromatic rings. The molecule has 1 aliphatic heterocycles. The van der Waals surface area contributed by atoms with Crippen LogP contribution in [-0.2, 0) is 4.84 Å². The number of aryl methyl sites for hydroxylation is 1. The Hall–Kier alpha value is -3.65. The Morgan fingerprint density at radius 1 is 1.16 bits per heavy atom. The molecule has 1 N–H and O–H groups in total. The molecule has 0 amide bonds. The summed E-state index contributed by atoms with van der Waals surface area (Å²) in [5.41, 5.74) is 6.24. The maximum atomic E-state index is 6.15. The second kappa shape index (κ2) is 7.49. The van der Waals surface area contributed by atoms with Gasteiger partial charge >= 0.3 is 0 Å². The Kier molecular flexibility index (Phi) is 4.46. The molecule has 4 heterocycles. The Morgan fingerprint density at radius 3 is 2.78 bits per heavy atom. The number of imidazole rings is 1. The van der Waals surface area contributed by atoms with E-state index in [1.807, 2.05) is 54.1 Å².